The van der Waals surface area contributed by atoms with E-state index >= 15 is 0 Å². The van der Waals surface area contributed by atoms with Crippen LogP contribution in [0.5, 0.6) is 5.75 Å². The van der Waals surface area contributed by atoms with E-state index < -0.39 is 0 Å². The van der Waals surface area contributed by atoms with Crippen molar-refractivity contribution < 1.29 is 13.9 Å². The van der Waals surface area contributed by atoms with Crippen LogP contribution in [-0.2, 0) is 17.8 Å². The van der Waals surface area contributed by atoms with Crippen LogP contribution in [0.4, 0.5) is 10.1 Å². The van der Waals surface area contributed by atoms with Gasteiger partial charge in [0.1, 0.15) is 18.2 Å². The molecule has 4 nitrogen and oxygen atoms in total. The number of anilines is 1. The molecule has 0 spiro atoms. The van der Waals surface area contributed by atoms with E-state index in [1.807, 2.05) is 36.4 Å². The second-order valence-electron chi connectivity index (χ2n) is 7.24. The Morgan fingerprint density at radius 2 is 1.94 bits per heavy atom. The molecule has 0 unspecified atom stereocenters. The molecule has 164 valence electrons. The highest BCUT2D eigenvalue weighted by Crippen LogP contribution is 2.31. The largest absolute Gasteiger partial charge is 0.488 e. The molecule has 1 heterocycles. The fraction of sp³-hybridized carbons (Fsp3) is 0.160. The Morgan fingerprint density at radius 3 is 2.66 bits per heavy atom. The summed E-state index contributed by atoms with van der Waals surface area (Å²) in [5, 5.41) is 6.29. The van der Waals surface area contributed by atoms with Crippen LogP contribution in [0, 0.1) is 9.39 Å². The van der Waals surface area contributed by atoms with Gasteiger partial charge in [0, 0.05) is 11.3 Å². The van der Waals surface area contributed by atoms with Crippen molar-refractivity contribution in [3.63, 3.8) is 0 Å². The number of carbonyl (C=O) groups excluding carboxylic acids is 1. The van der Waals surface area contributed by atoms with E-state index in [4.69, 9.17) is 4.74 Å². The van der Waals surface area contributed by atoms with Gasteiger partial charge in [-0.3, -0.25) is 4.79 Å². The Bertz CT molecular complexity index is 1150. The summed E-state index contributed by atoms with van der Waals surface area (Å²) in [5.41, 5.74) is 3.43. The normalized spacial score (nSPS) is 16.8. The molecule has 1 atom stereocenters. The standard InChI is InChI=1S/C25H22FIN2O2S/c1-2-16-7-10-19(11-8-16)28-25-29-24(30)23(32-25)14-17-9-12-22(21(27)13-17)31-15-18-5-3-4-6-20(18)26/h3-14,25,28H,2,15H2,1H3,(H,29,30)/b23-14-/t25-/m0/s1. The van der Waals surface area contributed by atoms with Gasteiger partial charge in [0.2, 0.25) is 0 Å². The first kappa shape index (κ1) is 22.7. The summed E-state index contributed by atoms with van der Waals surface area (Å²) >= 11 is 3.64. The molecule has 0 saturated carbocycles. The number of nitrogens with one attached hydrogen (secondary N) is 2. The number of amides is 1. The van der Waals surface area contributed by atoms with Crippen LogP contribution in [0.2, 0.25) is 0 Å². The Morgan fingerprint density at radius 1 is 1.16 bits per heavy atom. The third-order valence-electron chi connectivity index (χ3n) is 4.99. The smallest absolute Gasteiger partial charge is 0.260 e. The number of carbonyl (C=O) groups is 1. The molecule has 7 heteroatoms. The maximum atomic E-state index is 13.8. The number of rotatable bonds is 7. The van der Waals surface area contributed by atoms with Gasteiger partial charge >= 0.3 is 0 Å². The summed E-state index contributed by atoms with van der Waals surface area (Å²) < 4.78 is 20.5. The number of hydrogen-bond donors (Lipinski definition) is 2. The maximum absolute atomic E-state index is 13.8. The topological polar surface area (TPSA) is 50.4 Å². The van der Waals surface area contributed by atoms with Crippen molar-refractivity contribution in [2.24, 2.45) is 0 Å². The van der Waals surface area contributed by atoms with Crippen LogP contribution >= 0.6 is 34.4 Å². The first-order valence-corrected chi connectivity index (χ1v) is 12.2. The van der Waals surface area contributed by atoms with Crippen LogP contribution in [-0.4, -0.2) is 11.4 Å². The van der Waals surface area contributed by atoms with Crippen molar-refractivity contribution in [3.8, 4) is 5.75 Å². The number of aryl methyl sites for hydroxylation is 1. The zero-order chi connectivity index (χ0) is 22.5. The summed E-state index contributed by atoms with van der Waals surface area (Å²) in [4.78, 5) is 13.1. The lowest BCUT2D eigenvalue weighted by Gasteiger charge is -2.12. The molecular weight excluding hydrogens is 538 g/mol. The van der Waals surface area contributed by atoms with Crippen molar-refractivity contribution in [1.82, 2.24) is 5.32 Å². The van der Waals surface area contributed by atoms with E-state index in [2.05, 4.69) is 52.3 Å². The lowest BCUT2D eigenvalue weighted by Crippen LogP contribution is -2.30. The Labute approximate surface area is 204 Å². The quantitative estimate of drug-likeness (QED) is 0.268. The van der Waals surface area contributed by atoms with Crippen molar-refractivity contribution >= 4 is 52.0 Å². The van der Waals surface area contributed by atoms with Gasteiger partial charge in [-0.25, -0.2) is 4.39 Å². The fourth-order valence-electron chi connectivity index (χ4n) is 3.20. The molecule has 2 N–H and O–H groups in total. The number of ether oxygens (including phenoxy) is 1. The van der Waals surface area contributed by atoms with Crippen LogP contribution in [0.25, 0.3) is 6.08 Å². The van der Waals surface area contributed by atoms with Crippen molar-refractivity contribution in [1.29, 1.82) is 0 Å². The molecule has 4 rings (SSSR count). The highest BCUT2D eigenvalue weighted by atomic mass is 127. The summed E-state index contributed by atoms with van der Waals surface area (Å²) in [6.45, 7) is 2.28. The maximum Gasteiger partial charge on any atom is 0.260 e. The van der Waals surface area contributed by atoms with Crippen LogP contribution in [0.15, 0.2) is 71.6 Å². The fourth-order valence-corrected chi connectivity index (χ4v) is 4.88. The summed E-state index contributed by atoms with van der Waals surface area (Å²) in [7, 11) is 0. The third-order valence-corrected chi connectivity index (χ3v) is 6.86. The van der Waals surface area contributed by atoms with E-state index in [0.29, 0.717) is 16.2 Å². The van der Waals surface area contributed by atoms with E-state index in [1.165, 1.54) is 23.4 Å². The molecule has 1 fully saturated rings. The minimum atomic E-state index is -0.280. The van der Waals surface area contributed by atoms with Gasteiger partial charge in [0.15, 0.2) is 5.50 Å². The van der Waals surface area contributed by atoms with Crippen molar-refractivity contribution in [2.75, 3.05) is 5.32 Å². The Balaban J connectivity index is 1.40. The lowest BCUT2D eigenvalue weighted by molar-refractivity contribution is -0.116. The van der Waals surface area contributed by atoms with Gasteiger partial charge < -0.3 is 15.4 Å². The third kappa shape index (κ3) is 5.63. The number of benzene rings is 3. The Hall–Kier alpha value is -2.52. The molecule has 1 amide bonds. The predicted octanol–water partition coefficient (Wildman–Crippen LogP) is 6.17. The van der Waals surface area contributed by atoms with E-state index in [-0.39, 0.29) is 23.8 Å². The van der Waals surface area contributed by atoms with Gasteiger partial charge in [-0.1, -0.05) is 55.1 Å². The molecule has 1 aliphatic heterocycles. The average molecular weight is 560 g/mol. The molecule has 0 aliphatic carbocycles. The van der Waals surface area contributed by atoms with Gasteiger partial charge in [0.25, 0.3) is 5.91 Å². The molecule has 0 radical (unpaired) electrons. The van der Waals surface area contributed by atoms with Gasteiger partial charge in [0.05, 0.1) is 8.48 Å². The molecule has 32 heavy (non-hydrogen) atoms. The van der Waals surface area contributed by atoms with Gasteiger partial charge in [-0.15, -0.1) is 0 Å². The highest BCUT2D eigenvalue weighted by molar-refractivity contribution is 14.1. The lowest BCUT2D eigenvalue weighted by atomic mass is 10.1. The predicted molar refractivity (Wildman–Crippen MR) is 137 cm³/mol. The summed E-state index contributed by atoms with van der Waals surface area (Å²) in [6, 6.07) is 20.5. The van der Waals surface area contributed by atoms with Crippen LogP contribution < -0.4 is 15.4 Å². The molecule has 0 aromatic heterocycles. The SMILES string of the molecule is CCc1ccc(N[C@H]2NC(=O)/C(=C/c3ccc(OCc4ccccc4F)c(I)c3)S2)cc1. The minimum absolute atomic E-state index is 0.104. The van der Waals surface area contributed by atoms with E-state index in [9.17, 15) is 9.18 Å². The monoisotopic (exact) mass is 560 g/mol. The van der Waals surface area contributed by atoms with Crippen LogP contribution in [0.3, 0.4) is 0 Å². The summed E-state index contributed by atoms with van der Waals surface area (Å²) in [6.07, 6.45) is 2.86. The van der Waals surface area contributed by atoms with Crippen molar-refractivity contribution in [2.45, 2.75) is 25.4 Å². The minimum Gasteiger partial charge on any atom is -0.488 e. The second kappa shape index (κ2) is 10.4. The van der Waals surface area contributed by atoms with Gasteiger partial charge in [-0.05, 0) is 76.5 Å². The zero-order valence-corrected chi connectivity index (χ0v) is 20.4. The first-order valence-electron chi connectivity index (χ1n) is 10.2. The van der Waals surface area contributed by atoms with E-state index in [0.717, 1.165) is 21.2 Å². The molecular formula is C25H22FIN2O2S. The second-order valence-corrected chi connectivity index (χ2v) is 9.55. The molecule has 3 aromatic carbocycles. The van der Waals surface area contributed by atoms with Crippen LogP contribution in [0.1, 0.15) is 23.6 Å². The average Bonchev–Trinajstić information content (AvgIpc) is 3.13. The number of hydrogen-bond acceptors (Lipinski definition) is 4. The molecule has 3 aromatic rings. The van der Waals surface area contributed by atoms with Gasteiger partial charge in [-0.2, -0.15) is 0 Å². The van der Waals surface area contributed by atoms with Crippen molar-refractivity contribution in [3.05, 3.63) is 97.7 Å². The summed E-state index contributed by atoms with van der Waals surface area (Å²) in [5.74, 6) is 0.291. The Kier molecular flexibility index (Phi) is 7.36. The van der Waals surface area contributed by atoms with E-state index in [1.54, 1.807) is 18.2 Å². The number of halogens is 2. The zero-order valence-electron chi connectivity index (χ0n) is 17.4. The highest BCUT2D eigenvalue weighted by Gasteiger charge is 2.27. The number of thioether (sulfide) groups is 1. The molecule has 1 aliphatic rings. The molecule has 1 saturated heterocycles. The first-order chi connectivity index (χ1) is 15.5. The molecule has 0 bridgehead atoms.